The molecule has 0 aromatic heterocycles. The van der Waals surface area contributed by atoms with Gasteiger partial charge in [0, 0.05) is 83.0 Å². The molecule has 7 bridgehead atoms. The van der Waals surface area contributed by atoms with Crippen molar-refractivity contribution in [2.45, 2.75) is 80.6 Å². The normalized spacial score (nSPS) is 49.9. The largest absolute Gasteiger partial charge is 0.455 e. The van der Waals surface area contributed by atoms with Gasteiger partial charge in [-0.1, -0.05) is 25.1 Å². The van der Waals surface area contributed by atoms with E-state index in [0.29, 0.717) is 25.1 Å². The molecule has 46 heavy (non-hydrogen) atoms. The zero-order valence-electron chi connectivity index (χ0n) is 27.3. The van der Waals surface area contributed by atoms with Crippen molar-refractivity contribution in [1.29, 1.82) is 0 Å². The molecule has 254 valence electrons. The average molecular weight is 646 g/mol. The van der Waals surface area contributed by atoms with E-state index in [-0.39, 0.29) is 25.0 Å². The Balaban J connectivity index is 1.53. The first-order valence-corrected chi connectivity index (χ1v) is 16.3. The van der Waals surface area contributed by atoms with E-state index in [1.165, 1.54) is 14.0 Å². The van der Waals surface area contributed by atoms with Crippen molar-refractivity contribution in [2.24, 2.45) is 34.5 Å². The molecule has 1 saturated heterocycles. The summed E-state index contributed by atoms with van der Waals surface area (Å²) in [6.07, 6.45) is -5.49. The third kappa shape index (κ3) is 3.62. The first kappa shape index (κ1) is 32.4. The zero-order valence-corrected chi connectivity index (χ0v) is 27.3. The number of nitrogens with zero attached hydrogens (tertiary/aromatic N) is 1. The summed E-state index contributed by atoms with van der Waals surface area (Å²) in [6.45, 7) is 4.68. The van der Waals surface area contributed by atoms with E-state index in [0.717, 1.165) is 0 Å². The lowest BCUT2D eigenvalue weighted by molar-refractivity contribution is -0.322. The molecule has 5 aliphatic carbocycles. The Hall–Kier alpha value is -2.16. The van der Waals surface area contributed by atoms with Crippen LogP contribution in [0.3, 0.4) is 0 Å². The predicted molar refractivity (Wildman–Crippen MR) is 160 cm³/mol. The molecule has 5 saturated carbocycles. The Morgan fingerprint density at radius 2 is 1.72 bits per heavy atom. The van der Waals surface area contributed by atoms with Gasteiger partial charge in [0.2, 0.25) is 0 Å². The molecule has 1 aromatic rings. The maximum atomic E-state index is 13.8. The molecule has 8 unspecified atom stereocenters. The summed E-state index contributed by atoms with van der Waals surface area (Å²) in [4.78, 5) is 29.3. The summed E-state index contributed by atoms with van der Waals surface area (Å²) in [7, 11) is 6.27. The fraction of sp³-hybridized carbons (Fsp3) is 0.765. The van der Waals surface area contributed by atoms with Crippen LogP contribution in [0.2, 0.25) is 0 Å². The van der Waals surface area contributed by atoms with Gasteiger partial charge in [0.1, 0.15) is 23.9 Å². The number of fused-ring (bicyclic) bond motifs is 2. The third-order valence-corrected chi connectivity index (χ3v) is 13.2. The van der Waals surface area contributed by atoms with Gasteiger partial charge in [0.05, 0.1) is 30.5 Å². The lowest BCUT2D eigenvalue weighted by atomic mass is 9.42. The number of piperidine rings is 1. The topological polar surface area (TPSA) is 153 Å². The summed E-state index contributed by atoms with van der Waals surface area (Å²) < 4.78 is 37.4. The minimum Gasteiger partial charge on any atom is -0.455 e. The van der Waals surface area contributed by atoms with Crippen LogP contribution in [0.5, 0.6) is 0 Å². The standard InChI is InChI=1S/C34H47NO11/c1-7-35-15-31(16-41-3)20(37)13-21(42-4)33-19-14-32(40)28(45-30(39)18-11-9-8-10-12-18)22(19)34(46-17(2)36,27(38)29(32)44-6)23(26(33)35)24(43-5)25(31)33/h8-12,19-29,37-38,40H,7,13-16H2,1-6H3/t19?,20-,21?,22?,23?,24+,25?,26?,27+,28-,29?,31+,32-,33+,34?/m1/s1. The van der Waals surface area contributed by atoms with Crippen molar-refractivity contribution in [1.82, 2.24) is 4.90 Å². The molecule has 1 heterocycles. The number of carbonyl (C=O) groups is 2. The summed E-state index contributed by atoms with van der Waals surface area (Å²) in [5, 5.41) is 37.3. The highest BCUT2D eigenvalue weighted by molar-refractivity contribution is 5.89. The smallest absolute Gasteiger partial charge is 0.338 e. The van der Waals surface area contributed by atoms with Gasteiger partial charge in [-0.15, -0.1) is 0 Å². The number of esters is 2. The Kier molecular flexibility index (Phi) is 7.69. The molecular weight excluding hydrogens is 598 g/mol. The lowest BCUT2D eigenvalue weighted by Gasteiger charge is -2.70. The van der Waals surface area contributed by atoms with Crippen molar-refractivity contribution in [3.63, 3.8) is 0 Å². The quantitative estimate of drug-likeness (QED) is 0.323. The number of hydrogen-bond acceptors (Lipinski definition) is 12. The van der Waals surface area contributed by atoms with Crippen LogP contribution in [-0.2, 0) is 33.2 Å². The molecule has 12 heteroatoms. The molecule has 6 fully saturated rings. The monoisotopic (exact) mass is 645 g/mol. The Morgan fingerprint density at radius 3 is 2.30 bits per heavy atom. The summed E-state index contributed by atoms with van der Waals surface area (Å²) in [6, 6.07) is 8.18. The Bertz CT molecular complexity index is 1360. The van der Waals surface area contributed by atoms with E-state index in [9.17, 15) is 24.9 Å². The molecule has 1 aliphatic heterocycles. The second-order valence-corrected chi connectivity index (χ2v) is 14.4. The summed E-state index contributed by atoms with van der Waals surface area (Å²) in [5.41, 5.74) is -4.79. The van der Waals surface area contributed by atoms with E-state index in [4.69, 9.17) is 28.4 Å². The van der Waals surface area contributed by atoms with Gasteiger partial charge in [0.25, 0.3) is 0 Å². The molecule has 1 aromatic carbocycles. The van der Waals surface area contributed by atoms with Gasteiger partial charge >= 0.3 is 11.9 Å². The molecule has 0 radical (unpaired) electrons. The third-order valence-electron chi connectivity index (χ3n) is 13.2. The molecule has 0 amide bonds. The van der Waals surface area contributed by atoms with Gasteiger partial charge < -0.3 is 43.7 Å². The van der Waals surface area contributed by atoms with Gasteiger partial charge in [-0.2, -0.15) is 0 Å². The van der Waals surface area contributed by atoms with E-state index in [1.54, 1.807) is 51.7 Å². The second-order valence-electron chi connectivity index (χ2n) is 14.4. The zero-order chi connectivity index (χ0) is 33.0. The van der Waals surface area contributed by atoms with Crippen LogP contribution in [0.25, 0.3) is 0 Å². The molecule has 15 atom stereocenters. The fourth-order valence-electron chi connectivity index (χ4n) is 12.3. The van der Waals surface area contributed by atoms with Crippen LogP contribution in [0, 0.1) is 34.5 Å². The average Bonchev–Trinajstić information content (AvgIpc) is 3.41. The van der Waals surface area contributed by atoms with Crippen LogP contribution in [-0.4, -0.2) is 134 Å². The van der Waals surface area contributed by atoms with Gasteiger partial charge in [-0.3, -0.25) is 9.69 Å². The van der Waals surface area contributed by atoms with E-state index in [2.05, 4.69) is 4.90 Å². The van der Waals surface area contributed by atoms with Gasteiger partial charge in [-0.25, -0.2) is 4.79 Å². The lowest BCUT2D eigenvalue weighted by Crippen LogP contribution is -2.81. The summed E-state index contributed by atoms with van der Waals surface area (Å²) in [5.74, 6) is -3.65. The number of ether oxygens (including phenoxy) is 6. The molecule has 1 spiro atoms. The van der Waals surface area contributed by atoms with Crippen LogP contribution in [0.15, 0.2) is 30.3 Å². The van der Waals surface area contributed by atoms with E-state index < -0.39 is 88.3 Å². The minimum absolute atomic E-state index is 0.0791. The number of rotatable bonds is 9. The van der Waals surface area contributed by atoms with Crippen LogP contribution in [0.1, 0.15) is 37.0 Å². The highest BCUT2D eigenvalue weighted by atomic mass is 16.6. The van der Waals surface area contributed by atoms with Crippen molar-refractivity contribution in [2.75, 3.05) is 48.1 Å². The number of hydrogen-bond donors (Lipinski definition) is 3. The highest BCUT2D eigenvalue weighted by Gasteiger charge is 2.92. The van der Waals surface area contributed by atoms with E-state index in [1.807, 2.05) is 6.92 Å². The number of aliphatic hydroxyl groups is 3. The SMILES string of the molecule is CCN1C[C@@]2(COC)C3[C@@H](OC)C4C1[C@]3(C(OC)C[C@H]2O)C1C[C@]2(O)C(OC)[C@H](O)C4(OC(C)=O)C1[C@H]2OC(=O)c1ccccc1. The van der Waals surface area contributed by atoms with Crippen molar-refractivity contribution in [3.05, 3.63) is 35.9 Å². The minimum atomic E-state index is -1.83. The van der Waals surface area contributed by atoms with Crippen LogP contribution >= 0.6 is 0 Å². The van der Waals surface area contributed by atoms with Crippen LogP contribution in [0.4, 0.5) is 0 Å². The first-order valence-electron chi connectivity index (χ1n) is 16.3. The second kappa shape index (κ2) is 10.9. The maximum Gasteiger partial charge on any atom is 0.338 e. The number of aliphatic hydroxyl groups excluding tert-OH is 2. The Morgan fingerprint density at radius 1 is 1.00 bits per heavy atom. The number of carbonyl (C=O) groups excluding carboxylic acids is 2. The first-order chi connectivity index (χ1) is 22.0. The van der Waals surface area contributed by atoms with Gasteiger partial charge in [-0.05, 0) is 31.0 Å². The maximum absolute atomic E-state index is 13.8. The van der Waals surface area contributed by atoms with Crippen molar-refractivity contribution in [3.8, 4) is 0 Å². The molecular formula is C34H47NO11. The molecule has 3 N–H and O–H groups in total. The van der Waals surface area contributed by atoms with Crippen molar-refractivity contribution >= 4 is 11.9 Å². The van der Waals surface area contributed by atoms with Crippen LogP contribution < -0.4 is 0 Å². The number of methoxy groups -OCH3 is 4. The number of likely N-dealkylation sites (tertiary alicyclic amines) is 1. The molecule has 7 rings (SSSR count). The predicted octanol–water partition coefficient (Wildman–Crippen LogP) is 0.648. The summed E-state index contributed by atoms with van der Waals surface area (Å²) >= 11 is 0. The van der Waals surface area contributed by atoms with Crippen molar-refractivity contribution < 1.29 is 53.3 Å². The van der Waals surface area contributed by atoms with Gasteiger partial charge in [0.15, 0.2) is 5.60 Å². The highest BCUT2D eigenvalue weighted by Crippen LogP contribution is 2.80. The fourth-order valence-corrected chi connectivity index (χ4v) is 12.3. The van der Waals surface area contributed by atoms with E-state index >= 15 is 0 Å². The number of benzene rings is 1. The Labute approximate surface area is 269 Å². The molecule has 12 nitrogen and oxygen atoms in total. The molecule has 6 aliphatic rings.